The summed E-state index contributed by atoms with van der Waals surface area (Å²) in [6.07, 6.45) is 1.46. The van der Waals surface area contributed by atoms with E-state index in [9.17, 15) is 4.79 Å². The van der Waals surface area contributed by atoms with Crippen LogP contribution in [-0.2, 0) is 19.0 Å². The van der Waals surface area contributed by atoms with Gasteiger partial charge in [0.1, 0.15) is 0 Å². The molecule has 0 aliphatic carbocycles. The van der Waals surface area contributed by atoms with Gasteiger partial charge in [-0.3, -0.25) is 9.37 Å². The first-order valence-corrected chi connectivity index (χ1v) is 9.94. The molecule has 0 aromatic heterocycles. The number of carbonyl (C=O) groups is 1. The Balaban J connectivity index is 2.51. The molecular formula is C14H28O4Si. The van der Waals surface area contributed by atoms with Gasteiger partial charge in [0.15, 0.2) is 0 Å². The van der Waals surface area contributed by atoms with Crippen LogP contribution in [0.4, 0.5) is 0 Å². The zero-order valence-corrected chi connectivity index (χ0v) is 14.0. The van der Waals surface area contributed by atoms with Crippen molar-refractivity contribution in [1.29, 1.82) is 0 Å². The average Bonchev–Trinajstić information content (AvgIpc) is 2.77. The van der Waals surface area contributed by atoms with Gasteiger partial charge in [-0.25, -0.2) is 4.89 Å². The van der Waals surface area contributed by atoms with Crippen molar-refractivity contribution in [3.8, 4) is 0 Å². The largest absolute Gasteiger partial charge is 0.465 e. The summed E-state index contributed by atoms with van der Waals surface area (Å²) >= 11 is 0. The molecule has 0 aromatic rings. The van der Waals surface area contributed by atoms with Crippen LogP contribution < -0.4 is 0 Å². The van der Waals surface area contributed by atoms with E-state index in [1.54, 1.807) is 0 Å². The van der Waals surface area contributed by atoms with Gasteiger partial charge in [-0.1, -0.05) is 20.8 Å². The fourth-order valence-corrected chi connectivity index (χ4v) is 4.73. The molecular weight excluding hydrogens is 260 g/mol. The fourth-order valence-electron chi connectivity index (χ4n) is 2.48. The molecule has 1 saturated heterocycles. The molecule has 1 fully saturated rings. The average molecular weight is 288 g/mol. The molecule has 0 unspecified atom stereocenters. The molecule has 4 nitrogen and oxygen atoms in total. The molecule has 5 heteroatoms. The summed E-state index contributed by atoms with van der Waals surface area (Å²) < 4.78 is 10.9. The maximum atomic E-state index is 11.5. The summed E-state index contributed by atoms with van der Waals surface area (Å²) in [5.41, 5.74) is -0.439. The van der Waals surface area contributed by atoms with Gasteiger partial charge in [0.2, 0.25) is 8.32 Å². The van der Waals surface area contributed by atoms with Crippen molar-refractivity contribution >= 4 is 14.3 Å². The van der Waals surface area contributed by atoms with E-state index in [0.717, 1.165) is 24.6 Å². The highest BCUT2D eigenvalue weighted by atomic mass is 28.4. The zero-order chi connectivity index (χ0) is 14.5. The fraction of sp³-hybridized carbons (Fsp3) is 0.929. The Morgan fingerprint density at radius 2 is 1.84 bits per heavy atom. The lowest BCUT2D eigenvalue weighted by Gasteiger charge is -2.33. The predicted molar refractivity (Wildman–Crippen MR) is 77.1 cm³/mol. The van der Waals surface area contributed by atoms with Gasteiger partial charge in [0, 0.05) is 0 Å². The number of cyclic esters (lactones) is 1. The second kappa shape index (κ2) is 6.86. The Morgan fingerprint density at radius 3 is 2.26 bits per heavy atom. The molecule has 1 aliphatic rings. The standard InChI is InChI=1S/C14H28O4Si/c1-6-19(7-2,8-3)18-17-14(4,5)11-12-9-10-16-13(12)15/h12H,6-11H2,1-5H3/t12-/m1/s1. The topological polar surface area (TPSA) is 44.8 Å². The molecule has 0 bridgehead atoms. The highest BCUT2D eigenvalue weighted by molar-refractivity contribution is 6.73. The van der Waals surface area contributed by atoms with E-state index in [1.807, 2.05) is 13.8 Å². The second-order valence-electron chi connectivity index (χ2n) is 6.03. The molecule has 1 atom stereocenters. The normalized spacial score (nSPS) is 20.7. The van der Waals surface area contributed by atoms with Gasteiger partial charge in [-0.05, 0) is 44.8 Å². The van der Waals surface area contributed by atoms with Crippen LogP contribution in [-0.4, -0.2) is 26.5 Å². The third-order valence-electron chi connectivity index (χ3n) is 4.16. The first kappa shape index (κ1) is 16.7. The van der Waals surface area contributed by atoms with E-state index in [-0.39, 0.29) is 11.9 Å². The summed E-state index contributed by atoms with van der Waals surface area (Å²) in [6, 6.07) is 3.17. The molecule has 0 saturated carbocycles. The lowest BCUT2D eigenvalue weighted by atomic mass is 9.93. The van der Waals surface area contributed by atoms with Crippen molar-refractivity contribution in [2.75, 3.05) is 6.61 Å². The number of ether oxygens (including phenoxy) is 1. The molecule has 1 aliphatic heterocycles. The number of esters is 1. The third kappa shape index (κ3) is 4.58. The van der Waals surface area contributed by atoms with Crippen LogP contribution in [0.15, 0.2) is 0 Å². The van der Waals surface area contributed by atoms with Crippen LogP contribution in [0.1, 0.15) is 47.5 Å². The third-order valence-corrected chi connectivity index (χ3v) is 8.46. The van der Waals surface area contributed by atoms with Gasteiger partial charge in [-0.2, -0.15) is 0 Å². The Labute approximate surface area is 117 Å². The van der Waals surface area contributed by atoms with Crippen molar-refractivity contribution < 1.29 is 19.0 Å². The Hall–Kier alpha value is -0.393. The summed E-state index contributed by atoms with van der Waals surface area (Å²) in [5.74, 6) is -0.138. The molecule has 0 aromatic carbocycles. The first-order valence-electron chi connectivity index (χ1n) is 7.41. The predicted octanol–water partition coefficient (Wildman–Crippen LogP) is 3.67. The molecule has 1 rings (SSSR count). The minimum Gasteiger partial charge on any atom is -0.465 e. The number of hydrogen-bond acceptors (Lipinski definition) is 4. The van der Waals surface area contributed by atoms with E-state index in [2.05, 4.69) is 20.8 Å². The Morgan fingerprint density at radius 1 is 1.26 bits per heavy atom. The Kier molecular flexibility index (Phi) is 6.01. The smallest absolute Gasteiger partial charge is 0.309 e. The van der Waals surface area contributed by atoms with Crippen molar-refractivity contribution in [3.05, 3.63) is 0 Å². The van der Waals surface area contributed by atoms with E-state index < -0.39 is 13.9 Å². The highest BCUT2D eigenvalue weighted by Crippen LogP contribution is 2.30. The molecule has 0 radical (unpaired) electrons. The SMILES string of the molecule is CC[Si](CC)(CC)OOC(C)(C)C[C@H]1CCOC1=O. The van der Waals surface area contributed by atoms with Crippen molar-refractivity contribution in [3.63, 3.8) is 0 Å². The van der Waals surface area contributed by atoms with Crippen LogP contribution in [0, 0.1) is 5.92 Å². The molecule has 0 amide bonds. The zero-order valence-electron chi connectivity index (χ0n) is 13.0. The lowest BCUT2D eigenvalue weighted by molar-refractivity contribution is -0.296. The Bertz CT molecular complexity index is 292. The minimum absolute atomic E-state index is 0.0421. The summed E-state index contributed by atoms with van der Waals surface area (Å²) in [6.45, 7) is 11.0. The van der Waals surface area contributed by atoms with Gasteiger partial charge >= 0.3 is 5.97 Å². The summed E-state index contributed by atoms with van der Waals surface area (Å²) in [7, 11) is -1.74. The van der Waals surface area contributed by atoms with Crippen molar-refractivity contribution in [2.24, 2.45) is 5.92 Å². The van der Waals surface area contributed by atoms with Crippen LogP contribution in [0.3, 0.4) is 0 Å². The molecule has 0 N–H and O–H groups in total. The summed E-state index contributed by atoms with van der Waals surface area (Å²) in [4.78, 5) is 17.2. The number of rotatable bonds is 8. The minimum atomic E-state index is -1.74. The quantitative estimate of drug-likeness (QED) is 0.296. The maximum absolute atomic E-state index is 11.5. The maximum Gasteiger partial charge on any atom is 0.309 e. The van der Waals surface area contributed by atoms with E-state index in [0.29, 0.717) is 13.0 Å². The molecule has 19 heavy (non-hydrogen) atoms. The van der Waals surface area contributed by atoms with Crippen LogP contribution in [0.25, 0.3) is 0 Å². The van der Waals surface area contributed by atoms with E-state index in [1.165, 1.54) is 0 Å². The van der Waals surface area contributed by atoms with Crippen LogP contribution in [0.2, 0.25) is 18.1 Å². The van der Waals surface area contributed by atoms with Gasteiger partial charge in [0.05, 0.1) is 18.1 Å². The van der Waals surface area contributed by atoms with Crippen molar-refractivity contribution in [2.45, 2.75) is 71.2 Å². The molecule has 0 spiro atoms. The van der Waals surface area contributed by atoms with E-state index >= 15 is 0 Å². The highest BCUT2D eigenvalue weighted by Gasteiger charge is 2.37. The number of hydrogen-bond donors (Lipinski definition) is 0. The first-order chi connectivity index (χ1) is 8.88. The van der Waals surface area contributed by atoms with E-state index in [4.69, 9.17) is 14.2 Å². The number of carbonyl (C=O) groups excluding carboxylic acids is 1. The lowest BCUT2D eigenvalue weighted by Crippen LogP contribution is -2.40. The van der Waals surface area contributed by atoms with Gasteiger partial charge < -0.3 is 4.74 Å². The monoisotopic (exact) mass is 288 g/mol. The van der Waals surface area contributed by atoms with Crippen molar-refractivity contribution in [1.82, 2.24) is 0 Å². The molecule has 112 valence electrons. The second-order valence-corrected chi connectivity index (χ2v) is 10.7. The molecule has 1 heterocycles. The van der Waals surface area contributed by atoms with Gasteiger partial charge in [0.25, 0.3) is 0 Å². The van der Waals surface area contributed by atoms with Crippen LogP contribution >= 0.6 is 0 Å². The summed E-state index contributed by atoms with van der Waals surface area (Å²) in [5, 5.41) is 0. The van der Waals surface area contributed by atoms with Gasteiger partial charge in [-0.15, -0.1) is 0 Å². The van der Waals surface area contributed by atoms with Crippen LogP contribution in [0.5, 0.6) is 0 Å².